The van der Waals surface area contributed by atoms with Crippen molar-refractivity contribution >= 4 is 11.7 Å². The number of rotatable bonds is 6. The van der Waals surface area contributed by atoms with Crippen LogP contribution in [-0.2, 0) is 11.2 Å². The lowest BCUT2D eigenvalue weighted by atomic mass is 9.84. The van der Waals surface area contributed by atoms with Crippen LogP contribution in [0.2, 0.25) is 0 Å². The third-order valence-corrected chi connectivity index (χ3v) is 6.86. The van der Waals surface area contributed by atoms with Crippen molar-refractivity contribution in [2.24, 2.45) is 5.92 Å². The van der Waals surface area contributed by atoms with Crippen molar-refractivity contribution in [3.63, 3.8) is 0 Å². The summed E-state index contributed by atoms with van der Waals surface area (Å²) in [5.74, 6) is 1.06. The average Bonchev–Trinajstić information content (AvgIpc) is 3.27. The van der Waals surface area contributed by atoms with E-state index >= 15 is 0 Å². The van der Waals surface area contributed by atoms with E-state index in [9.17, 15) is 18.0 Å². The number of carbonyl (C=O) groups excluding carboxylic acids is 1. The van der Waals surface area contributed by atoms with Crippen LogP contribution < -0.4 is 15.0 Å². The van der Waals surface area contributed by atoms with Gasteiger partial charge < -0.3 is 20.1 Å². The van der Waals surface area contributed by atoms with Crippen LogP contribution in [0.1, 0.15) is 37.7 Å². The number of hydrogen-bond acceptors (Lipinski definition) is 6. The minimum atomic E-state index is -4.92. The van der Waals surface area contributed by atoms with E-state index in [1.165, 1.54) is 5.56 Å². The van der Waals surface area contributed by atoms with Crippen LogP contribution >= 0.6 is 0 Å². The molecule has 0 aromatic carbocycles. The molecule has 1 aliphatic carbocycles. The Balaban J connectivity index is 1.15. The highest BCUT2D eigenvalue weighted by atomic mass is 19.4. The topological polar surface area (TPSA) is 77.9 Å². The molecule has 7 nitrogen and oxygen atoms in total. The first-order chi connectivity index (χ1) is 15.3. The summed E-state index contributed by atoms with van der Waals surface area (Å²) in [7, 11) is 0. The number of carbonyl (C=O) groups is 1. The third-order valence-electron chi connectivity index (χ3n) is 6.86. The van der Waals surface area contributed by atoms with Gasteiger partial charge >= 0.3 is 6.18 Å². The fourth-order valence-corrected chi connectivity index (χ4v) is 4.89. The summed E-state index contributed by atoms with van der Waals surface area (Å²) in [6.45, 7) is 5.47. The Bertz CT molecular complexity index is 791. The zero-order chi connectivity index (χ0) is 22.7. The van der Waals surface area contributed by atoms with E-state index in [1.807, 2.05) is 12.3 Å². The fourth-order valence-electron chi connectivity index (χ4n) is 4.89. The first kappa shape index (κ1) is 23.1. The number of halogens is 3. The maximum absolute atomic E-state index is 12.4. The largest absolute Gasteiger partial charge is 0.489 e. The number of aliphatic hydroxyl groups excluding tert-OH is 1. The Morgan fingerprint density at radius 1 is 1.22 bits per heavy atom. The summed E-state index contributed by atoms with van der Waals surface area (Å²) in [6, 6.07) is 1.74. The van der Waals surface area contributed by atoms with E-state index in [-0.39, 0.29) is 6.04 Å². The summed E-state index contributed by atoms with van der Waals surface area (Å²) < 4.78 is 43.1. The van der Waals surface area contributed by atoms with Crippen LogP contribution in [0, 0.1) is 5.92 Å². The van der Waals surface area contributed by atoms with Gasteiger partial charge in [0.1, 0.15) is 0 Å². The molecular weight excluding hydrogens is 425 g/mol. The van der Waals surface area contributed by atoms with E-state index in [4.69, 9.17) is 9.84 Å². The van der Waals surface area contributed by atoms with E-state index in [2.05, 4.69) is 20.1 Å². The van der Waals surface area contributed by atoms with Crippen LogP contribution in [0.4, 0.5) is 19.0 Å². The van der Waals surface area contributed by atoms with Gasteiger partial charge in [-0.05, 0) is 50.6 Å². The number of amides is 1. The van der Waals surface area contributed by atoms with Crippen LogP contribution in [-0.4, -0.2) is 78.6 Å². The molecule has 3 heterocycles. The van der Waals surface area contributed by atoms with Gasteiger partial charge in [-0.15, -0.1) is 0 Å². The van der Waals surface area contributed by atoms with Crippen molar-refractivity contribution in [3.05, 3.63) is 17.8 Å². The monoisotopic (exact) mass is 456 g/mol. The third kappa shape index (κ3) is 5.46. The average molecular weight is 457 g/mol. The molecule has 4 rings (SSSR count). The molecule has 1 unspecified atom stereocenters. The number of aromatic nitrogens is 1. The molecule has 1 saturated carbocycles. The molecule has 1 amide bonds. The van der Waals surface area contributed by atoms with Gasteiger partial charge in [0, 0.05) is 50.4 Å². The van der Waals surface area contributed by atoms with E-state index in [1.54, 1.807) is 0 Å². The van der Waals surface area contributed by atoms with E-state index < -0.39 is 18.2 Å². The molecule has 3 aliphatic rings. The summed E-state index contributed by atoms with van der Waals surface area (Å²) in [6.07, 6.45) is -0.952. The zero-order valence-corrected chi connectivity index (χ0v) is 18.1. The number of nitrogens with zero attached hydrogens (tertiary/aromatic N) is 3. The first-order valence-corrected chi connectivity index (χ1v) is 11.4. The second-order valence-corrected chi connectivity index (χ2v) is 9.01. The van der Waals surface area contributed by atoms with E-state index in [0.717, 1.165) is 76.6 Å². The van der Waals surface area contributed by atoms with Crippen molar-refractivity contribution in [1.82, 2.24) is 15.2 Å². The van der Waals surface area contributed by atoms with Crippen LogP contribution in [0.5, 0.6) is 5.75 Å². The summed E-state index contributed by atoms with van der Waals surface area (Å²) in [5.41, 5.74) is 1.23. The Labute approximate surface area is 185 Å². The van der Waals surface area contributed by atoms with Crippen molar-refractivity contribution in [2.75, 3.05) is 44.2 Å². The number of aliphatic hydroxyl groups is 1. The van der Waals surface area contributed by atoms with Gasteiger partial charge in [0.05, 0.1) is 6.61 Å². The number of hydrogen-bond donors (Lipinski definition) is 2. The maximum Gasteiger partial charge on any atom is 0.423 e. The lowest BCUT2D eigenvalue weighted by Crippen LogP contribution is -2.49. The van der Waals surface area contributed by atoms with Crippen LogP contribution in [0.3, 0.4) is 0 Å². The number of piperazine rings is 1. The Morgan fingerprint density at radius 3 is 2.62 bits per heavy atom. The molecule has 178 valence electrons. The molecule has 32 heavy (non-hydrogen) atoms. The molecule has 10 heteroatoms. The van der Waals surface area contributed by atoms with E-state index in [0.29, 0.717) is 18.8 Å². The summed E-state index contributed by atoms with van der Waals surface area (Å²) in [4.78, 5) is 20.9. The van der Waals surface area contributed by atoms with Gasteiger partial charge in [-0.3, -0.25) is 9.69 Å². The number of alkyl halides is 3. The summed E-state index contributed by atoms with van der Waals surface area (Å²) in [5, 5.41) is 11.4. The maximum atomic E-state index is 12.4. The summed E-state index contributed by atoms with van der Waals surface area (Å²) >= 11 is 0. The Hall–Kier alpha value is -2.07. The molecule has 0 radical (unpaired) electrons. The number of anilines is 1. The highest BCUT2D eigenvalue weighted by Crippen LogP contribution is 2.34. The van der Waals surface area contributed by atoms with Gasteiger partial charge in [0.15, 0.2) is 11.6 Å². The predicted molar refractivity (Wildman–Crippen MR) is 113 cm³/mol. The van der Waals surface area contributed by atoms with Crippen molar-refractivity contribution in [3.8, 4) is 5.75 Å². The molecular formula is C22H31F3N4O3. The minimum Gasteiger partial charge on any atom is -0.489 e. The normalized spacial score (nSPS) is 25.2. The second-order valence-electron chi connectivity index (χ2n) is 9.01. The van der Waals surface area contributed by atoms with Gasteiger partial charge in [0.2, 0.25) is 6.10 Å². The quantitative estimate of drug-likeness (QED) is 0.683. The molecule has 1 atom stereocenters. The van der Waals surface area contributed by atoms with Crippen molar-refractivity contribution < 1.29 is 27.8 Å². The Morgan fingerprint density at radius 2 is 1.94 bits per heavy atom. The molecule has 1 saturated heterocycles. The van der Waals surface area contributed by atoms with Gasteiger partial charge in [0.25, 0.3) is 5.91 Å². The fraction of sp³-hybridized carbons (Fsp3) is 0.727. The zero-order valence-electron chi connectivity index (χ0n) is 18.1. The van der Waals surface area contributed by atoms with Gasteiger partial charge in [-0.25, -0.2) is 4.98 Å². The number of pyridine rings is 1. The lowest BCUT2D eigenvalue weighted by Gasteiger charge is -2.37. The highest BCUT2D eigenvalue weighted by molar-refractivity contribution is 5.81. The number of nitrogens with one attached hydrogen (secondary N) is 1. The molecule has 1 aromatic rings. The SMILES string of the molecule is O=C(NC1CCC(CCN2CCN(c3nccc4c3OCC4)CC2)CC1)C(O)C(F)(F)F. The lowest BCUT2D eigenvalue weighted by molar-refractivity contribution is -0.205. The molecule has 2 fully saturated rings. The highest BCUT2D eigenvalue weighted by Gasteiger charge is 2.44. The standard InChI is InChI=1S/C22H31F3N4O3/c23-22(24,25)19(30)21(31)27-17-3-1-15(2-4-17)6-9-28-10-12-29(13-11-28)20-18-16(5-8-26-20)7-14-32-18/h5,8,15,17,19,30H,1-4,6-7,9-14H2,(H,27,31). The molecule has 0 spiro atoms. The first-order valence-electron chi connectivity index (χ1n) is 11.4. The molecule has 0 bridgehead atoms. The van der Waals surface area contributed by atoms with Crippen molar-refractivity contribution in [1.29, 1.82) is 0 Å². The van der Waals surface area contributed by atoms with Gasteiger partial charge in [-0.1, -0.05) is 0 Å². The molecule has 2 N–H and O–H groups in total. The van der Waals surface area contributed by atoms with Crippen LogP contribution in [0.15, 0.2) is 12.3 Å². The van der Waals surface area contributed by atoms with Gasteiger partial charge in [-0.2, -0.15) is 13.2 Å². The second kappa shape index (κ2) is 9.82. The smallest absolute Gasteiger partial charge is 0.423 e. The minimum absolute atomic E-state index is 0.290. The van der Waals surface area contributed by atoms with Crippen LogP contribution in [0.25, 0.3) is 0 Å². The molecule has 1 aromatic heterocycles. The molecule has 2 aliphatic heterocycles. The predicted octanol–water partition coefficient (Wildman–Crippen LogP) is 2.13. The van der Waals surface area contributed by atoms with Crippen molar-refractivity contribution in [2.45, 2.75) is 56.8 Å². The number of fused-ring (bicyclic) bond motifs is 1. The Kier molecular flexibility index (Phi) is 7.09. The number of ether oxygens (including phenoxy) is 1.